The molecule has 0 spiro atoms. The van der Waals surface area contributed by atoms with Crippen molar-refractivity contribution in [3.8, 4) is 0 Å². The van der Waals surface area contributed by atoms with Gasteiger partial charge in [-0.25, -0.2) is 0 Å². The van der Waals surface area contributed by atoms with Crippen molar-refractivity contribution in [3.63, 3.8) is 0 Å². The second-order valence-corrected chi connectivity index (χ2v) is 12.6. The van der Waals surface area contributed by atoms with Crippen LogP contribution in [0.15, 0.2) is 84.9 Å². The van der Waals surface area contributed by atoms with Crippen LogP contribution in [0, 0.1) is 0 Å². The molecule has 3 fully saturated rings. The summed E-state index contributed by atoms with van der Waals surface area (Å²) in [5.41, 5.74) is 3.32. The van der Waals surface area contributed by atoms with E-state index in [-0.39, 0.29) is 36.9 Å². The van der Waals surface area contributed by atoms with Crippen LogP contribution in [0.4, 0.5) is 25.2 Å². The minimum absolute atomic E-state index is 0.0951. The molecule has 3 aromatic carbocycles. The summed E-state index contributed by atoms with van der Waals surface area (Å²) in [4.78, 5) is 2.45. The third kappa shape index (κ3) is 7.84. The maximum absolute atomic E-state index is 10.7. The molecule has 3 heterocycles. The summed E-state index contributed by atoms with van der Waals surface area (Å²) in [5.74, 6) is 0. The zero-order chi connectivity index (χ0) is 28.6. The predicted molar refractivity (Wildman–Crippen MR) is 139 cm³/mol. The van der Waals surface area contributed by atoms with Gasteiger partial charge in [0.25, 0.3) is 0 Å². The third-order valence-corrected chi connectivity index (χ3v) is 7.64. The van der Waals surface area contributed by atoms with Gasteiger partial charge in [-0.1, -0.05) is 0 Å². The third-order valence-electron chi connectivity index (χ3n) is 6.80. The molecule has 3 aliphatic heterocycles. The van der Waals surface area contributed by atoms with Gasteiger partial charge in [0, 0.05) is 0 Å². The fraction of sp³-hybridized carbons (Fsp3) is 0.333. The van der Waals surface area contributed by atoms with Crippen molar-refractivity contribution in [2.75, 3.05) is 13.2 Å². The number of hydrogen-bond acceptors (Lipinski definition) is 5. The standard InChI is InChI=1S/C27H26NO4Se.F6P/c33-23-14-8-7-13-20(23)15-28-21-16-29-26(18-9-3-1-4-10-18)31-24(21)25-22(28)17-30-27(32-25)19-11-5-2-6-12-19;1-7(2,3,4,5)6/h1-14,21-22,24-27H,15-17H2;/q+1;-1/t21-,22-,24+,25+,26?,27?;/m0./s1. The fourth-order valence-electron chi connectivity index (χ4n) is 5.15. The van der Waals surface area contributed by atoms with Gasteiger partial charge in [-0.3, -0.25) is 0 Å². The summed E-state index contributed by atoms with van der Waals surface area (Å²) in [6.45, 7) is 1.97. The van der Waals surface area contributed by atoms with Gasteiger partial charge in [-0.05, 0) is 0 Å². The molecular weight excluding hydrogens is 626 g/mol. The van der Waals surface area contributed by atoms with Crippen LogP contribution in [0.2, 0.25) is 0 Å². The Morgan fingerprint density at radius 2 is 1.05 bits per heavy atom. The number of ether oxygens (including phenoxy) is 4. The van der Waals surface area contributed by atoms with E-state index in [0.29, 0.717) is 13.2 Å². The molecular formula is C27H26F6NO4PSe. The molecule has 6 rings (SSSR count). The monoisotopic (exact) mass is 653 g/mol. The number of hydrogen-bond donors (Lipinski definition) is 0. The average molecular weight is 652 g/mol. The summed E-state index contributed by atoms with van der Waals surface area (Å²) in [6, 6.07) is 28.9. The normalized spacial score (nSPS) is 30.1. The van der Waals surface area contributed by atoms with E-state index in [1.165, 1.54) is 5.56 Å². The van der Waals surface area contributed by atoms with E-state index in [0.717, 1.165) is 22.1 Å². The first-order valence-corrected chi connectivity index (χ1v) is 15.3. The van der Waals surface area contributed by atoms with Crippen LogP contribution in [0.3, 0.4) is 0 Å². The molecule has 0 aliphatic carbocycles. The number of rotatable bonds is 4. The number of fused-ring (bicyclic) bond motifs is 3. The Labute approximate surface area is 235 Å². The van der Waals surface area contributed by atoms with Gasteiger partial charge in [0.2, 0.25) is 0 Å². The summed E-state index contributed by atoms with van der Waals surface area (Å²) in [5, 5.41) is 0. The molecule has 13 heteroatoms. The van der Waals surface area contributed by atoms with Gasteiger partial charge in [-0.2, -0.15) is 0 Å². The summed E-state index contributed by atoms with van der Waals surface area (Å²) < 4.78 is 86.0. The molecule has 6 atom stereocenters. The molecule has 216 valence electrons. The molecule has 2 radical (unpaired) electrons. The molecule has 0 aromatic heterocycles. The summed E-state index contributed by atoms with van der Waals surface area (Å²) in [7, 11) is -10.7. The molecule has 2 unspecified atom stereocenters. The van der Waals surface area contributed by atoms with E-state index in [1.807, 2.05) is 36.4 Å². The Hall–Kier alpha value is -2.01. The molecule has 0 bridgehead atoms. The molecule has 0 amide bonds. The van der Waals surface area contributed by atoms with Crippen LogP contribution >= 0.6 is 7.81 Å². The Morgan fingerprint density at radius 1 is 0.650 bits per heavy atom. The van der Waals surface area contributed by atoms with Gasteiger partial charge in [0.1, 0.15) is 0 Å². The quantitative estimate of drug-likeness (QED) is 0.180. The Bertz CT molecular complexity index is 1230. The zero-order valence-corrected chi connectivity index (χ0v) is 23.5. The second kappa shape index (κ2) is 10.7. The number of nitrogens with zero attached hydrogens (tertiary/aromatic N) is 1. The Kier molecular flexibility index (Phi) is 7.87. The second-order valence-electron chi connectivity index (χ2n) is 9.73. The molecule has 5 nitrogen and oxygen atoms in total. The SMILES string of the molecule is F[P-](F)(F)(F)(F)F.[Se+]c1ccccc1CN1[C@H]2COC(c3ccccc3)O[C@H]2[C@@H]2OC(c3ccccc3)OC[C@@H]21. The average Bonchev–Trinajstić information content (AvgIpc) is 3.21. The molecule has 3 aromatic rings. The van der Waals surface area contributed by atoms with Gasteiger partial charge in [0.05, 0.1) is 0 Å². The first kappa shape index (κ1) is 29.5. The van der Waals surface area contributed by atoms with Crippen molar-refractivity contribution in [1.82, 2.24) is 4.90 Å². The van der Waals surface area contributed by atoms with Crippen LogP contribution in [0.1, 0.15) is 29.3 Å². The van der Waals surface area contributed by atoms with Gasteiger partial charge in [-0.15, -0.1) is 0 Å². The van der Waals surface area contributed by atoms with Crippen molar-refractivity contribution >= 4 is 28.3 Å². The Balaban J connectivity index is 0.000000411. The van der Waals surface area contributed by atoms with Crippen molar-refractivity contribution in [3.05, 3.63) is 102 Å². The predicted octanol–water partition coefficient (Wildman–Crippen LogP) is 6.64. The van der Waals surface area contributed by atoms with E-state index in [1.54, 1.807) is 0 Å². The topological polar surface area (TPSA) is 40.2 Å². The van der Waals surface area contributed by atoms with E-state index >= 15 is 0 Å². The van der Waals surface area contributed by atoms with Crippen LogP contribution in [-0.4, -0.2) is 58.4 Å². The summed E-state index contributed by atoms with van der Waals surface area (Å²) >= 11 is 3.19. The minimum atomic E-state index is -10.7. The van der Waals surface area contributed by atoms with Crippen molar-refractivity contribution in [1.29, 1.82) is 0 Å². The number of halogens is 6. The van der Waals surface area contributed by atoms with E-state index in [9.17, 15) is 25.2 Å². The van der Waals surface area contributed by atoms with Gasteiger partial charge < -0.3 is 0 Å². The number of benzene rings is 3. The van der Waals surface area contributed by atoms with Crippen molar-refractivity contribution in [2.24, 2.45) is 0 Å². The van der Waals surface area contributed by atoms with Crippen LogP contribution < -0.4 is 4.46 Å². The van der Waals surface area contributed by atoms with E-state index in [4.69, 9.17) is 18.9 Å². The van der Waals surface area contributed by atoms with Crippen LogP contribution in [-0.2, 0) is 25.5 Å². The maximum atomic E-state index is 9.87. The first-order valence-electron chi connectivity index (χ1n) is 12.4. The van der Waals surface area contributed by atoms with Crippen LogP contribution in [0.25, 0.3) is 0 Å². The van der Waals surface area contributed by atoms with Gasteiger partial charge in [0.15, 0.2) is 0 Å². The van der Waals surface area contributed by atoms with Crippen molar-refractivity contribution < 1.29 is 44.1 Å². The molecule has 0 N–H and O–H groups in total. The molecule has 40 heavy (non-hydrogen) atoms. The van der Waals surface area contributed by atoms with E-state index < -0.39 is 7.81 Å². The Morgan fingerprint density at radius 3 is 1.48 bits per heavy atom. The van der Waals surface area contributed by atoms with E-state index in [2.05, 4.69) is 69.4 Å². The molecule has 3 aliphatic rings. The zero-order valence-electron chi connectivity index (χ0n) is 20.9. The molecule has 3 saturated heterocycles. The van der Waals surface area contributed by atoms with Crippen molar-refractivity contribution in [2.45, 2.75) is 43.4 Å². The summed E-state index contributed by atoms with van der Waals surface area (Å²) in [6.07, 6.45) is -0.975. The number of likely N-dealkylation sites (tertiary alicyclic amines) is 1. The van der Waals surface area contributed by atoms with Gasteiger partial charge >= 0.3 is 236 Å². The molecule has 0 saturated carbocycles. The van der Waals surface area contributed by atoms with Crippen LogP contribution in [0.5, 0.6) is 0 Å². The first-order chi connectivity index (χ1) is 18.7. The fourth-order valence-corrected chi connectivity index (χ4v) is 5.59.